The highest BCUT2D eigenvalue weighted by Gasteiger charge is 2.41. The summed E-state index contributed by atoms with van der Waals surface area (Å²) in [4.78, 5) is 2.09. The molecule has 102 valence electrons. The van der Waals surface area contributed by atoms with Crippen molar-refractivity contribution < 1.29 is 4.39 Å². The van der Waals surface area contributed by atoms with Crippen LogP contribution < -0.4 is 5.73 Å². The Morgan fingerprint density at radius 2 is 1.83 bits per heavy atom. The van der Waals surface area contributed by atoms with Gasteiger partial charge in [-0.05, 0) is 32.5 Å². The van der Waals surface area contributed by atoms with Gasteiger partial charge in [0.25, 0.3) is 0 Å². The van der Waals surface area contributed by atoms with Crippen LogP contribution in [-0.4, -0.2) is 25.0 Å². The van der Waals surface area contributed by atoms with E-state index in [9.17, 15) is 4.39 Å². The lowest BCUT2D eigenvalue weighted by atomic mass is 9.73. The molecule has 2 atom stereocenters. The minimum absolute atomic E-state index is 0.106. The standard InChI is InChI=1S/C15H25FN2/c1-6-14(18(4)5)15(17,11(2)3)12-9-7-8-10-13(12)16/h7-11,14H,6,17H2,1-5H3. The second-order valence-electron chi connectivity index (χ2n) is 5.46. The topological polar surface area (TPSA) is 29.3 Å². The van der Waals surface area contributed by atoms with Gasteiger partial charge in [0.05, 0.1) is 5.54 Å². The number of likely N-dealkylation sites (N-methyl/N-ethyl adjacent to an activating group) is 1. The summed E-state index contributed by atoms with van der Waals surface area (Å²) in [5.41, 5.74) is 6.57. The van der Waals surface area contributed by atoms with Gasteiger partial charge < -0.3 is 10.6 Å². The Morgan fingerprint density at radius 1 is 1.28 bits per heavy atom. The fourth-order valence-corrected chi connectivity index (χ4v) is 2.82. The molecule has 2 unspecified atom stereocenters. The van der Waals surface area contributed by atoms with E-state index in [0.29, 0.717) is 5.56 Å². The molecule has 1 aromatic rings. The Bertz CT molecular complexity index is 390. The van der Waals surface area contributed by atoms with E-state index in [-0.39, 0.29) is 17.8 Å². The van der Waals surface area contributed by atoms with E-state index in [0.717, 1.165) is 6.42 Å². The van der Waals surface area contributed by atoms with Crippen molar-refractivity contribution in [1.82, 2.24) is 4.90 Å². The van der Waals surface area contributed by atoms with Gasteiger partial charge in [-0.2, -0.15) is 0 Å². The molecule has 0 aliphatic carbocycles. The first-order chi connectivity index (χ1) is 8.35. The number of hydrogen-bond donors (Lipinski definition) is 1. The van der Waals surface area contributed by atoms with Crippen LogP contribution in [0, 0.1) is 11.7 Å². The molecule has 0 radical (unpaired) electrons. The molecule has 0 spiro atoms. The third kappa shape index (κ3) is 2.57. The van der Waals surface area contributed by atoms with E-state index >= 15 is 0 Å². The van der Waals surface area contributed by atoms with Gasteiger partial charge in [0, 0.05) is 11.6 Å². The van der Waals surface area contributed by atoms with Gasteiger partial charge in [0.1, 0.15) is 5.82 Å². The fraction of sp³-hybridized carbons (Fsp3) is 0.600. The van der Waals surface area contributed by atoms with Gasteiger partial charge in [0.2, 0.25) is 0 Å². The van der Waals surface area contributed by atoms with Crippen LogP contribution in [0.4, 0.5) is 4.39 Å². The monoisotopic (exact) mass is 252 g/mol. The number of nitrogens with zero attached hydrogens (tertiary/aromatic N) is 1. The van der Waals surface area contributed by atoms with E-state index in [1.54, 1.807) is 6.07 Å². The van der Waals surface area contributed by atoms with Crippen molar-refractivity contribution in [3.63, 3.8) is 0 Å². The Balaban J connectivity index is 3.36. The quantitative estimate of drug-likeness (QED) is 0.873. The molecule has 0 saturated heterocycles. The molecular weight excluding hydrogens is 227 g/mol. The van der Waals surface area contributed by atoms with E-state index in [1.165, 1.54) is 6.07 Å². The molecule has 0 saturated carbocycles. The first-order valence-corrected chi connectivity index (χ1v) is 6.56. The molecule has 2 nitrogen and oxygen atoms in total. The maximum atomic E-state index is 14.1. The zero-order valence-corrected chi connectivity index (χ0v) is 12.1. The Morgan fingerprint density at radius 3 is 2.22 bits per heavy atom. The number of benzene rings is 1. The van der Waals surface area contributed by atoms with Crippen molar-refractivity contribution in [2.75, 3.05) is 14.1 Å². The zero-order chi connectivity index (χ0) is 13.9. The molecule has 1 aromatic carbocycles. The normalized spacial score (nSPS) is 16.9. The first-order valence-electron chi connectivity index (χ1n) is 6.56. The average Bonchev–Trinajstić information content (AvgIpc) is 2.29. The summed E-state index contributed by atoms with van der Waals surface area (Å²) in [6.07, 6.45) is 0.885. The number of rotatable bonds is 5. The lowest BCUT2D eigenvalue weighted by Gasteiger charge is -2.44. The molecule has 3 heteroatoms. The van der Waals surface area contributed by atoms with Gasteiger partial charge in [0.15, 0.2) is 0 Å². The first kappa shape index (κ1) is 15.1. The van der Waals surface area contributed by atoms with Crippen molar-refractivity contribution in [3.8, 4) is 0 Å². The molecule has 0 amide bonds. The molecule has 0 fully saturated rings. The molecule has 0 heterocycles. The highest BCUT2D eigenvalue weighted by molar-refractivity contribution is 5.29. The summed E-state index contributed by atoms with van der Waals surface area (Å²) in [6, 6.07) is 6.96. The van der Waals surface area contributed by atoms with E-state index < -0.39 is 5.54 Å². The minimum Gasteiger partial charge on any atom is -0.320 e. The Kier molecular flexibility index (Phi) is 4.88. The summed E-state index contributed by atoms with van der Waals surface area (Å²) in [7, 11) is 4.00. The minimum atomic E-state index is -0.677. The molecule has 1 rings (SSSR count). The highest BCUT2D eigenvalue weighted by Crippen LogP contribution is 2.35. The van der Waals surface area contributed by atoms with Gasteiger partial charge >= 0.3 is 0 Å². The van der Waals surface area contributed by atoms with Crippen molar-refractivity contribution in [2.24, 2.45) is 11.7 Å². The molecular formula is C15H25FN2. The third-order valence-corrected chi connectivity index (χ3v) is 3.86. The van der Waals surface area contributed by atoms with Crippen LogP contribution in [0.2, 0.25) is 0 Å². The van der Waals surface area contributed by atoms with Gasteiger partial charge in [-0.1, -0.05) is 39.0 Å². The highest BCUT2D eigenvalue weighted by atomic mass is 19.1. The van der Waals surface area contributed by atoms with Crippen molar-refractivity contribution >= 4 is 0 Å². The van der Waals surface area contributed by atoms with Gasteiger partial charge in [-0.25, -0.2) is 4.39 Å². The summed E-state index contributed by atoms with van der Waals surface area (Å²) in [5, 5.41) is 0. The predicted octanol–water partition coefficient (Wildman–Crippen LogP) is 2.98. The van der Waals surface area contributed by atoms with Crippen LogP contribution in [0.15, 0.2) is 24.3 Å². The SMILES string of the molecule is CCC(N(C)C)C(N)(c1ccccc1F)C(C)C. The Labute approximate surface area is 110 Å². The summed E-state index contributed by atoms with van der Waals surface area (Å²) >= 11 is 0. The van der Waals surface area contributed by atoms with Crippen LogP contribution in [0.5, 0.6) is 0 Å². The molecule has 2 N–H and O–H groups in total. The lowest BCUT2D eigenvalue weighted by molar-refractivity contribution is 0.124. The maximum Gasteiger partial charge on any atom is 0.128 e. The zero-order valence-electron chi connectivity index (χ0n) is 12.1. The summed E-state index contributed by atoms with van der Waals surface area (Å²) in [5.74, 6) is -0.0595. The number of hydrogen-bond acceptors (Lipinski definition) is 2. The average molecular weight is 252 g/mol. The van der Waals surface area contributed by atoms with E-state index in [1.807, 2.05) is 26.2 Å². The Hall–Kier alpha value is -0.930. The van der Waals surface area contributed by atoms with E-state index in [2.05, 4.69) is 25.7 Å². The summed E-state index contributed by atoms with van der Waals surface area (Å²) < 4.78 is 14.1. The van der Waals surface area contributed by atoms with Gasteiger partial charge in [-0.3, -0.25) is 0 Å². The predicted molar refractivity (Wildman–Crippen MR) is 74.9 cm³/mol. The molecule has 18 heavy (non-hydrogen) atoms. The molecule has 0 aliphatic rings. The third-order valence-electron chi connectivity index (χ3n) is 3.86. The molecule has 0 aromatic heterocycles. The van der Waals surface area contributed by atoms with Crippen LogP contribution in [0.3, 0.4) is 0 Å². The second-order valence-corrected chi connectivity index (χ2v) is 5.46. The van der Waals surface area contributed by atoms with Crippen molar-refractivity contribution in [1.29, 1.82) is 0 Å². The van der Waals surface area contributed by atoms with Crippen LogP contribution in [0.25, 0.3) is 0 Å². The molecule has 0 aliphatic heterocycles. The largest absolute Gasteiger partial charge is 0.320 e. The van der Waals surface area contributed by atoms with Crippen molar-refractivity contribution in [3.05, 3.63) is 35.6 Å². The molecule has 0 bridgehead atoms. The number of halogens is 1. The van der Waals surface area contributed by atoms with E-state index in [4.69, 9.17) is 5.73 Å². The summed E-state index contributed by atoms with van der Waals surface area (Å²) in [6.45, 7) is 6.20. The van der Waals surface area contributed by atoms with Crippen molar-refractivity contribution in [2.45, 2.75) is 38.8 Å². The smallest absolute Gasteiger partial charge is 0.128 e. The maximum absolute atomic E-state index is 14.1. The van der Waals surface area contributed by atoms with Crippen LogP contribution in [0.1, 0.15) is 32.8 Å². The van der Waals surface area contributed by atoms with Gasteiger partial charge in [-0.15, -0.1) is 0 Å². The second kappa shape index (κ2) is 5.81. The van der Waals surface area contributed by atoms with Crippen LogP contribution in [-0.2, 0) is 5.54 Å². The fourth-order valence-electron chi connectivity index (χ4n) is 2.82. The van der Waals surface area contributed by atoms with Crippen LogP contribution >= 0.6 is 0 Å². The number of nitrogens with two attached hydrogens (primary N) is 1. The lowest BCUT2D eigenvalue weighted by Crippen LogP contribution is -2.57.